The molecule has 1 heterocycles. The van der Waals surface area contributed by atoms with E-state index >= 15 is 0 Å². The van der Waals surface area contributed by atoms with Gasteiger partial charge >= 0.3 is 0 Å². The third-order valence-electron chi connectivity index (χ3n) is 4.91. The Balaban J connectivity index is 1.48. The van der Waals surface area contributed by atoms with Crippen molar-refractivity contribution in [3.05, 3.63) is 51.7 Å². The maximum atomic E-state index is 6.14. The maximum Gasteiger partial charge on any atom is 0.119 e. The molecule has 0 spiro atoms. The van der Waals surface area contributed by atoms with Crippen molar-refractivity contribution in [2.75, 3.05) is 20.2 Å². The van der Waals surface area contributed by atoms with Crippen LogP contribution in [0.5, 0.6) is 5.75 Å². The summed E-state index contributed by atoms with van der Waals surface area (Å²) in [6, 6.07) is 11.1. The zero-order valence-corrected chi connectivity index (χ0v) is 15.5. The fourth-order valence-electron chi connectivity index (χ4n) is 3.57. The summed E-state index contributed by atoms with van der Waals surface area (Å²) in [5.74, 6) is 1.63. The minimum Gasteiger partial charge on any atom is -0.493 e. The number of hydrogen-bond donors (Lipinski definition) is 1. The van der Waals surface area contributed by atoms with Crippen molar-refractivity contribution in [3.63, 3.8) is 0 Å². The summed E-state index contributed by atoms with van der Waals surface area (Å²) in [5.41, 5.74) is 3.03. The van der Waals surface area contributed by atoms with Crippen LogP contribution >= 0.6 is 11.3 Å². The Labute approximate surface area is 150 Å². The number of rotatable bonds is 9. The lowest BCUT2D eigenvalue weighted by Crippen LogP contribution is -2.24. The van der Waals surface area contributed by atoms with Gasteiger partial charge < -0.3 is 10.1 Å². The van der Waals surface area contributed by atoms with Crippen molar-refractivity contribution < 1.29 is 4.74 Å². The van der Waals surface area contributed by atoms with Crippen molar-refractivity contribution in [1.82, 2.24) is 5.32 Å². The maximum absolute atomic E-state index is 6.14. The minimum absolute atomic E-state index is 0.575. The molecule has 0 bridgehead atoms. The molecule has 3 heteroatoms. The van der Waals surface area contributed by atoms with Crippen LogP contribution in [0.1, 0.15) is 41.7 Å². The Hall–Kier alpha value is -1.32. The van der Waals surface area contributed by atoms with Crippen LogP contribution in [0, 0.1) is 5.92 Å². The van der Waals surface area contributed by atoms with Crippen LogP contribution in [-0.2, 0) is 19.3 Å². The van der Waals surface area contributed by atoms with E-state index < -0.39 is 0 Å². The zero-order chi connectivity index (χ0) is 16.6. The lowest BCUT2D eigenvalue weighted by molar-refractivity contribution is 0.235. The molecule has 1 atom stereocenters. The fourth-order valence-corrected chi connectivity index (χ4v) is 4.32. The highest BCUT2D eigenvalue weighted by Gasteiger charge is 2.12. The van der Waals surface area contributed by atoms with E-state index in [9.17, 15) is 0 Å². The third kappa shape index (κ3) is 5.09. The van der Waals surface area contributed by atoms with Crippen LogP contribution in [-0.4, -0.2) is 20.2 Å². The highest BCUT2D eigenvalue weighted by molar-refractivity contribution is 7.09. The van der Waals surface area contributed by atoms with Gasteiger partial charge in [0.2, 0.25) is 0 Å². The number of hydrogen-bond acceptors (Lipinski definition) is 3. The Morgan fingerprint density at radius 2 is 2.04 bits per heavy atom. The molecular weight excluding hydrogens is 314 g/mol. The van der Waals surface area contributed by atoms with E-state index in [2.05, 4.69) is 41.0 Å². The van der Waals surface area contributed by atoms with E-state index in [1.807, 2.05) is 18.4 Å². The van der Waals surface area contributed by atoms with Gasteiger partial charge in [-0.1, -0.05) is 12.1 Å². The van der Waals surface area contributed by atoms with E-state index in [0.29, 0.717) is 5.92 Å². The van der Waals surface area contributed by atoms with Crippen LogP contribution in [0.4, 0.5) is 0 Å². The molecule has 2 aromatic rings. The molecule has 1 unspecified atom stereocenters. The molecule has 3 rings (SSSR count). The molecule has 1 N–H and O–H groups in total. The van der Waals surface area contributed by atoms with E-state index in [0.717, 1.165) is 18.9 Å². The molecule has 0 saturated carbocycles. The van der Waals surface area contributed by atoms with Gasteiger partial charge in [-0.05, 0) is 86.7 Å². The summed E-state index contributed by atoms with van der Waals surface area (Å²) in [6.07, 6.45) is 8.75. The Morgan fingerprint density at radius 3 is 2.83 bits per heavy atom. The van der Waals surface area contributed by atoms with Crippen LogP contribution in [0.2, 0.25) is 0 Å². The van der Waals surface area contributed by atoms with Crippen LogP contribution in [0.15, 0.2) is 35.7 Å². The number of benzene rings is 1. The zero-order valence-electron chi connectivity index (χ0n) is 14.7. The van der Waals surface area contributed by atoms with Crippen molar-refractivity contribution in [1.29, 1.82) is 0 Å². The summed E-state index contributed by atoms with van der Waals surface area (Å²) < 4.78 is 6.14. The number of ether oxygens (including phenoxy) is 1. The molecule has 1 aromatic carbocycles. The first-order chi connectivity index (χ1) is 11.8. The molecule has 0 fully saturated rings. The van der Waals surface area contributed by atoms with Crippen molar-refractivity contribution in [2.45, 2.75) is 44.9 Å². The van der Waals surface area contributed by atoms with E-state index in [1.165, 1.54) is 60.9 Å². The molecule has 0 aliphatic heterocycles. The second-order valence-corrected chi connectivity index (χ2v) is 7.88. The average Bonchev–Trinajstić information content (AvgIpc) is 3.13. The molecule has 1 aliphatic carbocycles. The van der Waals surface area contributed by atoms with Gasteiger partial charge in [0, 0.05) is 17.3 Å². The van der Waals surface area contributed by atoms with Crippen molar-refractivity contribution >= 4 is 11.3 Å². The van der Waals surface area contributed by atoms with Gasteiger partial charge in [-0.15, -0.1) is 11.3 Å². The molecule has 0 amide bonds. The van der Waals surface area contributed by atoms with Crippen LogP contribution in [0.3, 0.4) is 0 Å². The largest absolute Gasteiger partial charge is 0.493 e. The molecular formula is C21H29NOS. The normalized spacial score (nSPS) is 15.0. The SMILES string of the molecule is CNCC(CCCc1cccs1)COc1ccc2c(c1)CCCC2. The monoisotopic (exact) mass is 343 g/mol. The highest BCUT2D eigenvalue weighted by atomic mass is 32.1. The first-order valence-electron chi connectivity index (χ1n) is 9.26. The molecule has 1 aromatic heterocycles. The Kier molecular flexibility index (Phi) is 6.74. The smallest absolute Gasteiger partial charge is 0.119 e. The summed E-state index contributed by atoms with van der Waals surface area (Å²) in [4.78, 5) is 1.49. The van der Waals surface area contributed by atoms with Gasteiger partial charge in [0.1, 0.15) is 5.75 Å². The van der Waals surface area contributed by atoms with Gasteiger partial charge in [-0.2, -0.15) is 0 Å². The minimum atomic E-state index is 0.575. The van der Waals surface area contributed by atoms with Crippen LogP contribution < -0.4 is 10.1 Å². The Morgan fingerprint density at radius 1 is 1.17 bits per heavy atom. The fraction of sp³-hybridized carbons (Fsp3) is 0.524. The van der Waals surface area contributed by atoms with Gasteiger partial charge in [0.25, 0.3) is 0 Å². The second-order valence-electron chi connectivity index (χ2n) is 6.84. The summed E-state index contributed by atoms with van der Waals surface area (Å²) >= 11 is 1.86. The first kappa shape index (κ1) is 17.5. The third-order valence-corrected chi connectivity index (χ3v) is 5.85. The summed E-state index contributed by atoms with van der Waals surface area (Å²) in [5, 5.41) is 5.49. The average molecular weight is 344 g/mol. The van der Waals surface area contributed by atoms with E-state index in [1.54, 1.807) is 0 Å². The molecule has 130 valence electrons. The number of aryl methyl sites for hydroxylation is 3. The predicted molar refractivity (Wildman–Crippen MR) is 103 cm³/mol. The number of nitrogens with one attached hydrogen (secondary N) is 1. The molecule has 0 saturated heterocycles. The lowest BCUT2D eigenvalue weighted by atomic mass is 9.92. The summed E-state index contributed by atoms with van der Waals surface area (Å²) in [6.45, 7) is 1.83. The molecule has 24 heavy (non-hydrogen) atoms. The van der Waals surface area contributed by atoms with Gasteiger partial charge in [0.15, 0.2) is 0 Å². The van der Waals surface area contributed by atoms with Crippen molar-refractivity contribution in [3.8, 4) is 5.75 Å². The lowest BCUT2D eigenvalue weighted by Gasteiger charge is -2.20. The Bertz CT molecular complexity index is 608. The molecule has 1 aliphatic rings. The van der Waals surface area contributed by atoms with Gasteiger partial charge in [-0.3, -0.25) is 0 Å². The standard InChI is InChI=1S/C21H29NOS/c1-22-15-17(6-4-9-21-10-5-13-24-21)16-23-20-12-11-18-7-2-3-8-19(18)14-20/h5,10-14,17,22H,2-4,6-9,15-16H2,1H3. The topological polar surface area (TPSA) is 21.3 Å². The van der Waals surface area contributed by atoms with Gasteiger partial charge in [-0.25, -0.2) is 0 Å². The number of fused-ring (bicyclic) bond motifs is 1. The second kappa shape index (κ2) is 9.24. The first-order valence-corrected chi connectivity index (χ1v) is 10.1. The van der Waals surface area contributed by atoms with Gasteiger partial charge in [0.05, 0.1) is 6.61 Å². The van der Waals surface area contributed by atoms with Crippen molar-refractivity contribution in [2.24, 2.45) is 5.92 Å². The summed E-state index contributed by atoms with van der Waals surface area (Å²) in [7, 11) is 2.03. The quantitative estimate of drug-likeness (QED) is 0.702. The highest BCUT2D eigenvalue weighted by Crippen LogP contribution is 2.26. The van der Waals surface area contributed by atoms with E-state index in [4.69, 9.17) is 4.74 Å². The molecule has 2 nitrogen and oxygen atoms in total. The molecule has 0 radical (unpaired) electrons. The van der Waals surface area contributed by atoms with E-state index in [-0.39, 0.29) is 0 Å². The number of thiophene rings is 1. The van der Waals surface area contributed by atoms with Crippen LogP contribution in [0.25, 0.3) is 0 Å². The predicted octanol–water partition coefficient (Wildman–Crippen LogP) is 4.86.